The second-order valence-electron chi connectivity index (χ2n) is 5.04. The predicted molar refractivity (Wildman–Crippen MR) is 97.5 cm³/mol. The summed E-state index contributed by atoms with van der Waals surface area (Å²) in [6.07, 6.45) is 1.48. The summed E-state index contributed by atoms with van der Waals surface area (Å²) < 4.78 is 5.04. The quantitative estimate of drug-likeness (QED) is 0.456. The molecule has 6 heteroatoms. The molecule has 2 aromatic rings. The molecule has 3 N–H and O–H groups in total. The zero-order valence-corrected chi connectivity index (χ0v) is 14.1. The van der Waals surface area contributed by atoms with Gasteiger partial charge in [0, 0.05) is 11.3 Å². The molecule has 120 valence electrons. The molecule has 0 spiro atoms. The van der Waals surface area contributed by atoms with Crippen LogP contribution in [0.5, 0.6) is 11.5 Å². The molecule has 23 heavy (non-hydrogen) atoms. The normalized spacial score (nSPS) is 10.6. The van der Waals surface area contributed by atoms with Crippen LogP contribution in [0.4, 0.5) is 5.69 Å². The number of hydrogen-bond donors (Lipinski definition) is 3. The van der Waals surface area contributed by atoms with Gasteiger partial charge in [-0.1, -0.05) is 23.8 Å². The number of anilines is 1. The summed E-state index contributed by atoms with van der Waals surface area (Å²) in [4.78, 5) is 0. The van der Waals surface area contributed by atoms with Gasteiger partial charge in [0.05, 0.1) is 13.3 Å². The number of aryl methyl sites for hydroxylation is 2. The van der Waals surface area contributed by atoms with E-state index in [9.17, 15) is 5.11 Å². The van der Waals surface area contributed by atoms with E-state index in [1.165, 1.54) is 18.9 Å². The van der Waals surface area contributed by atoms with Crippen LogP contribution in [0.15, 0.2) is 41.5 Å². The number of phenolic OH excluding ortho intramolecular Hbond substituents is 1. The van der Waals surface area contributed by atoms with Gasteiger partial charge in [-0.05, 0) is 49.8 Å². The lowest BCUT2D eigenvalue weighted by Gasteiger charge is -2.10. The van der Waals surface area contributed by atoms with Gasteiger partial charge in [-0.25, -0.2) is 0 Å². The molecule has 0 fully saturated rings. The lowest BCUT2D eigenvalue weighted by molar-refractivity contribution is 0.373. The van der Waals surface area contributed by atoms with Crippen LogP contribution in [-0.4, -0.2) is 23.5 Å². The zero-order chi connectivity index (χ0) is 16.8. The van der Waals surface area contributed by atoms with Crippen LogP contribution in [0.3, 0.4) is 0 Å². The fourth-order valence-electron chi connectivity index (χ4n) is 2.07. The van der Waals surface area contributed by atoms with Crippen LogP contribution in [0.25, 0.3) is 0 Å². The molecule has 0 aliphatic carbocycles. The van der Waals surface area contributed by atoms with Gasteiger partial charge >= 0.3 is 0 Å². The second-order valence-corrected chi connectivity index (χ2v) is 5.45. The molecule has 2 aromatic carbocycles. The van der Waals surface area contributed by atoms with Gasteiger partial charge in [0.25, 0.3) is 0 Å². The number of hydrogen-bond acceptors (Lipinski definition) is 4. The summed E-state index contributed by atoms with van der Waals surface area (Å²) in [7, 11) is 1.50. The Hall–Kier alpha value is -2.60. The molecule has 0 unspecified atom stereocenters. The smallest absolute Gasteiger partial charge is 0.191 e. The molecule has 2 rings (SSSR count). The minimum Gasteiger partial charge on any atom is -0.504 e. The number of para-hydroxylation sites is 1. The molecule has 0 radical (unpaired) electrons. The number of aromatic hydroxyl groups is 1. The average Bonchev–Trinajstić information content (AvgIpc) is 2.52. The van der Waals surface area contributed by atoms with Crippen molar-refractivity contribution < 1.29 is 9.84 Å². The minimum atomic E-state index is 0.0359. The number of nitrogens with one attached hydrogen (secondary N) is 2. The van der Waals surface area contributed by atoms with Crippen molar-refractivity contribution >= 4 is 29.2 Å². The number of ether oxygens (including phenoxy) is 1. The number of phenols is 1. The Kier molecular flexibility index (Phi) is 5.54. The number of thiocarbonyl (C=S) groups is 1. The molecule has 0 atom stereocenters. The Labute approximate surface area is 141 Å². The molecule has 0 saturated heterocycles. The van der Waals surface area contributed by atoms with Crippen LogP contribution in [0, 0.1) is 13.8 Å². The SMILES string of the molecule is COc1cccc(C=NNC(=S)Nc2ccc(C)cc2C)c1O. The third-order valence-corrected chi connectivity index (χ3v) is 3.44. The highest BCUT2D eigenvalue weighted by molar-refractivity contribution is 7.80. The van der Waals surface area contributed by atoms with Crippen molar-refractivity contribution in [2.24, 2.45) is 5.10 Å². The maximum atomic E-state index is 9.96. The monoisotopic (exact) mass is 329 g/mol. The molecule has 0 aliphatic heterocycles. The molecular weight excluding hydrogens is 310 g/mol. The summed E-state index contributed by atoms with van der Waals surface area (Å²) in [6.45, 7) is 4.05. The van der Waals surface area contributed by atoms with Crippen LogP contribution in [-0.2, 0) is 0 Å². The van der Waals surface area contributed by atoms with Crippen molar-refractivity contribution in [3.05, 3.63) is 53.1 Å². The van der Waals surface area contributed by atoms with Crippen LogP contribution >= 0.6 is 12.2 Å². The van der Waals surface area contributed by atoms with Gasteiger partial charge in [0.15, 0.2) is 16.6 Å². The average molecular weight is 329 g/mol. The van der Waals surface area contributed by atoms with E-state index in [0.29, 0.717) is 16.4 Å². The van der Waals surface area contributed by atoms with Crippen molar-refractivity contribution in [2.45, 2.75) is 13.8 Å². The number of nitrogens with zero attached hydrogens (tertiary/aromatic N) is 1. The highest BCUT2D eigenvalue weighted by Crippen LogP contribution is 2.27. The molecule has 0 aromatic heterocycles. The summed E-state index contributed by atoms with van der Waals surface area (Å²) in [5.74, 6) is 0.429. The fraction of sp³-hybridized carbons (Fsp3) is 0.176. The summed E-state index contributed by atoms with van der Waals surface area (Å²) in [6, 6.07) is 11.2. The van der Waals surface area contributed by atoms with E-state index in [4.69, 9.17) is 17.0 Å². The van der Waals surface area contributed by atoms with E-state index in [0.717, 1.165) is 11.3 Å². The Morgan fingerprint density at radius 3 is 2.74 bits per heavy atom. The van der Waals surface area contributed by atoms with Gasteiger partial charge in [0.1, 0.15) is 0 Å². The van der Waals surface area contributed by atoms with Crippen molar-refractivity contribution in [3.63, 3.8) is 0 Å². The van der Waals surface area contributed by atoms with Crippen molar-refractivity contribution in [3.8, 4) is 11.5 Å². The van der Waals surface area contributed by atoms with Gasteiger partial charge in [-0.3, -0.25) is 5.43 Å². The molecule has 0 heterocycles. The second kappa shape index (κ2) is 7.60. The third kappa shape index (κ3) is 4.43. The van der Waals surface area contributed by atoms with Crippen molar-refractivity contribution in [1.82, 2.24) is 5.43 Å². The highest BCUT2D eigenvalue weighted by atomic mass is 32.1. The molecular formula is C17H19N3O2S. The Bertz CT molecular complexity index is 745. The lowest BCUT2D eigenvalue weighted by Crippen LogP contribution is -2.24. The van der Waals surface area contributed by atoms with E-state index in [1.807, 2.05) is 26.0 Å². The molecule has 0 amide bonds. The largest absolute Gasteiger partial charge is 0.504 e. The topological polar surface area (TPSA) is 65.9 Å². The Balaban J connectivity index is 1.99. The number of methoxy groups -OCH3 is 1. The highest BCUT2D eigenvalue weighted by Gasteiger charge is 2.05. The third-order valence-electron chi connectivity index (χ3n) is 3.25. The van der Waals surface area contributed by atoms with Gasteiger partial charge in [-0.15, -0.1) is 0 Å². The van der Waals surface area contributed by atoms with Crippen molar-refractivity contribution in [2.75, 3.05) is 12.4 Å². The van der Waals surface area contributed by atoms with Gasteiger partial charge in [-0.2, -0.15) is 5.10 Å². The molecule has 0 bridgehead atoms. The van der Waals surface area contributed by atoms with E-state index in [-0.39, 0.29) is 5.75 Å². The van der Waals surface area contributed by atoms with Crippen LogP contribution in [0.2, 0.25) is 0 Å². The molecule has 5 nitrogen and oxygen atoms in total. The number of hydrazone groups is 1. The predicted octanol–water partition coefficient (Wildman–Crippen LogP) is 3.34. The summed E-state index contributed by atoms with van der Waals surface area (Å²) in [5, 5.41) is 17.4. The van der Waals surface area contributed by atoms with Gasteiger partial charge < -0.3 is 15.2 Å². The first kappa shape index (κ1) is 16.8. The van der Waals surface area contributed by atoms with E-state index < -0.39 is 0 Å². The minimum absolute atomic E-state index is 0.0359. The molecule has 0 saturated carbocycles. The van der Waals surface area contributed by atoms with E-state index >= 15 is 0 Å². The summed E-state index contributed by atoms with van der Waals surface area (Å²) >= 11 is 5.20. The number of benzene rings is 2. The standard InChI is InChI=1S/C17H19N3O2S/c1-11-7-8-14(12(2)9-11)19-17(23)20-18-10-13-5-4-6-15(22-3)16(13)21/h4-10,21H,1-3H3,(H2,19,20,23). The Morgan fingerprint density at radius 2 is 2.04 bits per heavy atom. The first-order valence-corrected chi connectivity index (χ1v) is 7.45. The number of rotatable bonds is 4. The Morgan fingerprint density at radius 1 is 1.26 bits per heavy atom. The summed E-state index contributed by atoms with van der Waals surface area (Å²) in [5.41, 5.74) is 6.47. The van der Waals surface area contributed by atoms with Gasteiger partial charge in [0.2, 0.25) is 0 Å². The lowest BCUT2D eigenvalue weighted by atomic mass is 10.1. The first-order chi connectivity index (χ1) is 11.0. The van der Waals surface area contributed by atoms with Crippen LogP contribution in [0.1, 0.15) is 16.7 Å². The maximum absolute atomic E-state index is 9.96. The fourth-order valence-corrected chi connectivity index (χ4v) is 2.24. The van der Waals surface area contributed by atoms with E-state index in [2.05, 4.69) is 21.9 Å². The van der Waals surface area contributed by atoms with Crippen molar-refractivity contribution in [1.29, 1.82) is 0 Å². The first-order valence-electron chi connectivity index (χ1n) is 7.04. The van der Waals surface area contributed by atoms with Crippen LogP contribution < -0.4 is 15.5 Å². The molecule has 0 aliphatic rings. The van der Waals surface area contributed by atoms with E-state index in [1.54, 1.807) is 18.2 Å². The maximum Gasteiger partial charge on any atom is 0.191 e. The zero-order valence-electron chi connectivity index (χ0n) is 13.3.